The summed E-state index contributed by atoms with van der Waals surface area (Å²) >= 11 is 0. The van der Waals surface area contributed by atoms with Gasteiger partial charge in [0.15, 0.2) is 6.29 Å². The summed E-state index contributed by atoms with van der Waals surface area (Å²) in [5, 5.41) is 14.9. The minimum Gasteiger partial charge on any atom is -0.497 e. The van der Waals surface area contributed by atoms with Gasteiger partial charge in [-0.05, 0) is 61.5 Å². The number of likely N-dealkylation sites (tertiary alicyclic amines) is 1. The Labute approximate surface area is 190 Å². The van der Waals surface area contributed by atoms with Gasteiger partial charge in [0.25, 0.3) is 0 Å². The van der Waals surface area contributed by atoms with E-state index < -0.39 is 6.10 Å². The summed E-state index contributed by atoms with van der Waals surface area (Å²) in [7, 11) is 1.67. The van der Waals surface area contributed by atoms with Crippen molar-refractivity contribution >= 4 is 0 Å². The summed E-state index contributed by atoms with van der Waals surface area (Å²) in [6.45, 7) is 3.14. The van der Waals surface area contributed by atoms with Gasteiger partial charge in [-0.25, -0.2) is 0 Å². The molecular formula is C26H34N2O4. The van der Waals surface area contributed by atoms with Crippen LogP contribution < -0.4 is 10.1 Å². The van der Waals surface area contributed by atoms with Crippen molar-refractivity contribution in [2.24, 2.45) is 5.92 Å². The van der Waals surface area contributed by atoms with E-state index in [4.69, 9.17) is 14.2 Å². The van der Waals surface area contributed by atoms with E-state index in [1.807, 2.05) is 24.3 Å². The fourth-order valence-corrected chi connectivity index (χ4v) is 5.42. The van der Waals surface area contributed by atoms with E-state index in [2.05, 4.69) is 40.5 Å². The van der Waals surface area contributed by atoms with Gasteiger partial charge in [0.2, 0.25) is 0 Å². The standard InChI is InChI=1S/C26H34N2O4/c1-30-21-9-7-20(8-10-21)16-27-23-22-17-31-26(32-22)24(25(23)29)28-13-11-19(12-14-28)15-18-5-3-2-4-6-18/h2-10,19,22-27,29H,11-17H2,1H3. The molecule has 0 aliphatic carbocycles. The van der Waals surface area contributed by atoms with Crippen molar-refractivity contribution in [2.45, 2.75) is 56.4 Å². The van der Waals surface area contributed by atoms with Gasteiger partial charge >= 0.3 is 0 Å². The average Bonchev–Trinajstić information content (AvgIpc) is 3.26. The molecule has 2 aromatic rings. The molecule has 5 atom stereocenters. The molecular weight excluding hydrogens is 404 g/mol. The van der Waals surface area contributed by atoms with E-state index in [9.17, 15) is 5.11 Å². The topological polar surface area (TPSA) is 63.2 Å². The average molecular weight is 439 g/mol. The molecule has 3 aliphatic rings. The van der Waals surface area contributed by atoms with Crippen LogP contribution in [0.5, 0.6) is 5.75 Å². The molecule has 0 saturated carbocycles. The van der Waals surface area contributed by atoms with Crippen molar-refractivity contribution in [3.63, 3.8) is 0 Å². The number of aliphatic hydroxyl groups is 1. The smallest absolute Gasteiger partial charge is 0.176 e. The lowest BCUT2D eigenvalue weighted by Gasteiger charge is -2.46. The summed E-state index contributed by atoms with van der Waals surface area (Å²) in [6, 6.07) is 18.5. The van der Waals surface area contributed by atoms with Gasteiger partial charge in [-0.1, -0.05) is 42.5 Å². The zero-order valence-corrected chi connectivity index (χ0v) is 18.7. The minimum atomic E-state index is -0.523. The van der Waals surface area contributed by atoms with Crippen molar-refractivity contribution in [1.82, 2.24) is 10.2 Å². The Bertz CT molecular complexity index is 854. The van der Waals surface area contributed by atoms with Gasteiger partial charge in [-0.3, -0.25) is 4.90 Å². The van der Waals surface area contributed by atoms with E-state index >= 15 is 0 Å². The zero-order chi connectivity index (χ0) is 21.9. The number of ether oxygens (including phenoxy) is 3. The van der Waals surface area contributed by atoms with Crippen LogP contribution in [-0.2, 0) is 22.4 Å². The number of rotatable bonds is 7. The van der Waals surface area contributed by atoms with Crippen molar-refractivity contribution in [1.29, 1.82) is 0 Å². The number of hydrogen-bond donors (Lipinski definition) is 2. The lowest BCUT2D eigenvalue weighted by molar-refractivity contribution is -0.186. The molecule has 3 fully saturated rings. The Hall–Kier alpha value is -1.96. The minimum absolute atomic E-state index is 0.111. The van der Waals surface area contributed by atoms with Crippen LogP contribution in [-0.4, -0.2) is 67.4 Å². The molecule has 0 aromatic heterocycles. The maximum atomic E-state index is 11.3. The normalized spacial score (nSPS) is 31.0. The molecule has 2 aromatic carbocycles. The van der Waals surface area contributed by atoms with Gasteiger partial charge in [0.05, 0.1) is 31.9 Å². The molecule has 3 heterocycles. The highest BCUT2D eigenvalue weighted by Crippen LogP contribution is 2.34. The second-order valence-electron chi connectivity index (χ2n) is 9.28. The third-order valence-electron chi connectivity index (χ3n) is 7.27. The largest absolute Gasteiger partial charge is 0.497 e. The molecule has 3 aliphatic heterocycles. The van der Waals surface area contributed by atoms with E-state index in [1.54, 1.807) is 7.11 Å². The van der Waals surface area contributed by atoms with Crippen LogP contribution in [0.3, 0.4) is 0 Å². The second kappa shape index (κ2) is 9.89. The number of hydrogen-bond acceptors (Lipinski definition) is 6. The van der Waals surface area contributed by atoms with E-state index in [-0.39, 0.29) is 24.5 Å². The van der Waals surface area contributed by atoms with Crippen LogP contribution in [0.2, 0.25) is 0 Å². The summed E-state index contributed by atoms with van der Waals surface area (Å²) in [4.78, 5) is 2.39. The number of nitrogens with one attached hydrogen (secondary N) is 1. The first-order chi connectivity index (χ1) is 15.7. The van der Waals surface area contributed by atoms with Gasteiger partial charge < -0.3 is 24.6 Å². The molecule has 5 unspecified atom stereocenters. The van der Waals surface area contributed by atoms with Crippen LogP contribution in [0.1, 0.15) is 24.0 Å². The predicted molar refractivity (Wildman–Crippen MR) is 122 cm³/mol. The highest BCUT2D eigenvalue weighted by atomic mass is 16.7. The first-order valence-electron chi connectivity index (χ1n) is 11.8. The molecule has 0 spiro atoms. The van der Waals surface area contributed by atoms with E-state index in [1.165, 1.54) is 5.56 Å². The number of nitrogens with zero attached hydrogens (tertiary/aromatic N) is 1. The third-order valence-corrected chi connectivity index (χ3v) is 7.27. The van der Waals surface area contributed by atoms with Gasteiger partial charge in [-0.2, -0.15) is 0 Å². The van der Waals surface area contributed by atoms with Crippen LogP contribution in [0.25, 0.3) is 0 Å². The van der Waals surface area contributed by atoms with Crippen molar-refractivity contribution in [3.05, 3.63) is 65.7 Å². The molecule has 5 rings (SSSR count). The zero-order valence-electron chi connectivity index (χ0n) is 18.7. The summed E-state index contributed by atoms with van der Waals surface area (Å²) in [5.41, 5.74) is 2.56. The van der Waals surface area contributed by atoms with Crippen LogP contribution in [0.15, 0.2) is 54.6 Å². The molecule has 6 heteroatoms. The van der Waals surface area contributed by atoms with Gasteiger partial charge in [0.1, 0.15) is 11.9 Å². The Morgan fingerprint density at radius 2 is 1.78 bits per heavy atom. The van der Waals surface area contributed by atoms with E-state index in [0.29, 0.717) is 19.1 Å². The molecule has 2 bridgehead atoms. The van der Waals surface area contributed by atoms with Crippen molar-refractivity contribution in [3.8, 4) is 5.75 Å². The fraction of sp³-hybridized carbons (Fsp3) is 0.538. The first kappa shape index (κ1) is 21.9. The Kier molecular flexibility index (Phi) is 6.76. The maximum absolute atomic E-state index is 11.3. The molecule has 172 valence electrons. The van der Waals surface area contributed by atoms with Gasteiger partial charge in [-0.15, -0.1) is 0 Å². The quantitative estimate of drug-likeness (QED) is 0.693. The first-order valence-corrected chi connectivity index (χ1v) is 11.8. The molecule has 6 nitrogen and oxygen atoms in total. The highest BCUT2D eigenvalue weighted by Gasteiger charge is 2.52. The Balaban J connectivity index is 1.19. The fourth-order valence-electron chi connectivity index (χ4n) is 5.42. The molecule has 0 radical (unpaired) electrons. The summed E-state index contributed by atoms with van der Waals surface area (Å²) in [5.74, 6) is 1.54. The highest BCUT2D eigenvalue weighted by molar-refractivity contribution is 5.27. The van der Waals surface area contributed by atoms with Crippen LogP contribution in [0, 0.1) is 5.92 Å². The Morgan fingerprint density at radius 1 is 1.03 bits per heavy atom. The molecule has 3 saturated heterocycles. The van der Waals surface area contributed by atoms with Crippen LogP contribution in [0.4, 0.5) is 0 Å². The van der Waals surface area contributed by atoms with Gasteiger partial charge in [0, 0.05) is 6.54 Å². The predicted octanol–water partition coefficient (Wildman–Crippen LogP) is 2.59. The molecule has 0 amide bonds. The molecule has 2 N–H and O–H groups in total. The number of methoxy groups -OCH3 is 1. The van der Waals surface area contributed by atoms with E-state index in [0.717, 1.165) is 43.7 Å². The lowest BCUT2D eigenvalue weighted by Crippen LogP contribution is -2.65. The second-order valence-corrected chi connectivity index (χ2v) is 9.28. The third kappa shape index (κ3) is 4.70. The summed E-state index contributed by atoms with van der Waals surface area (Å²) in [6.07, 6.45) is 2.44. The number of piperidine rings is 1. The number of benzene rings is 2. The SMILES string of the molecule is COc1ccc(CNC2C3COC(O3)C(N3CCC(Cc4ccccc4)CC3)C2O)cc1. The lowest BCUT2D eigenvalue weighted by atomic mass is 9.87. The molecule has 32 heavy (non-hydrogen) atoms. The van der Waals surface area contributed by atoms with Crippen molar-refractivity contribution < 1.29 is 19.3 Å². The monoisotopic (exact) mass is 438 g/mol. The van der Waals surface area contributed by atoms with Crippen molar-refractivity contribution in [2.75, 3.05) is 26.8 Å². The maximum Gasteiger partial charge on any atom is 0.176 e. The number of fused-ring (bicyclic) bond motifs is 2. The number of aliphatic hydroxyl groups excluding tert-OH is 1. The van der Waals surface area contributed by atoms with Crippen LogP contribution >= 0.6 is 0 Å². The Morgan fingerprint density at radius 3 is 2.50 bits per heavy atom. The summed E-state index contributed by atoms with van der Waals surface area (Å²) < 4.78 is 17.4.